The molecular formula is C23H29NO3. The van der Waals surface area contributed by atoms with E-state index < -0.39 is 0 Å². The number of hydrogen-bond donors (Lipinski definition) is 1. The zero-order valence-corrected chi connectivity index (χ0v) is 16.2. The van der Waals surface area contributed by atoms with Gasteiger partial charge in [-0.15, -0.1) is 6.58 Å². The highest BCUT2D eigenvalue weighted by Crippen LogP contribution is 2.34. The SMILES string of the molecule is C=C(C)CC(C)Oc1ccccc1OC(c1ccccc1)C1CNCCO1. The van der Waals surface area contributed by atoms with Crippen molar-refractivity contribution in [3.8, 4) is 11.5 Å². The molecule has 27 heavy (non-hydrogen) atoms. The molecule has 1 N–H and O–H groups in total. The van der Waals surface area contributed by atoms with Crippen molar-refractivity contribution in [2.45, 2.75) is 38.6 Å². The quantitative estimate of drug-likeness (QED) is 0.696. The van der Waals surface area contributed by atoms with Gasteiger partial charge in [-0.25, -0.2) is 0 Å². The molecule has 0 aromatic heterocycles. The van der Waals surface area contributed by atoms with Gasteiger partial charge in [-0.1, -0.05) is 48.0 Å². The molecule has 1 aliphatic rings. The third-order valence-corrected chi connectivity index (χ3v) is 4.49. The molecular weight excluding hydrogens is 338 g/mol. The summed E-state index contributed by atoms with van der Waals surface area (Å²) in [5, 5.41) is 3.39. The van der Waals surface area contributed by atoms with E-state index in [1.54, 1.807) is 0 Å². The van der Waals surface area contributed by atoms with Crippen LogP contribution in [0, 0.1) is 0 Å². The lowest BCUT2D eigenvalue weighted by atomic mass is 10.0. The Hall–Kier alpha value is -2.30. The van der Waals surface area contributed by atoms with E-state index in [1.807, 2.05) is 56.3 Å². The Morgan fingerprint density at radius 1 is 1.11 bits per heavy atom. The van der Waals surface area contributed by atoms with Gasteiger partial charge in [0.05, 0.1) is 12.7 Å². The molecule has 1 saturated heterocycles. The fraction of sp³-hybridized carbons (Fsp3) is 0.391. The highest BCUT2D eigenvalue weighted by atomic mass is 16.6. The van der Waals surface area contributed by atoms with Gasteiger partial charge in [0.15, 0.2) is 17.6 Å². The highest BCUT2D eigenvalue weighted by molar-refractivity contribution is 5.40. The average molecular weight is 367 g/mol. The van der Waals surface area contributed by atoms with Gasteiger partial charge >= 0.3 is 0 Å². The van der Waals surface area contributed by atoms with Gasteiger partial charge in [-0.05, 0) is 31.5 Å². The minimum absolute atomic E-state index is 0.0371. The van der Waals surface area contributed by atoms with Crippen LogP contribution in [0.1, 0.15) is 31.9 Å². The Morgan fingerprint density at radius 2 is 1.78 bits per heavy atom. The summed E-state index contributed by atoms with van der Waals surface area (Å²) >= 11 is 0. The molecule has 1 aliphatic heterocycles. The fourth-order valence-corrected chi connectivity index (χ4v) is 3.31. The van der Waals surface area contributed by atoms with Crippen LogP contribution in [-0.2, 0) is 4.74 Å². The third-order valence-electron chi connectivity index (χ3n) is 4.49. The van der Waals surface area contributed by atoms with Crippen LogP contribution in [0.2, 0.25) is 0 Å². The minimum atomic E-state index is -0.208. The Balaban J connectivity index is 1.82. The number of para-hydroxylation sites is 2. The normalized spacial score (nSPS) is 19.1. The van der Waals surface area contributed by atoms with E-state index >= 15 is 0 Å². The third kappa shape index (κ3) is 5.59. The van der Waals surface area contributed by atoms with E-state index in [9.17, 15) is 0 Å². The Bertz CT molecular complexity index is 725. The van der Waals surface area contributed by atoms with Crippen LogP contribution in [-0.4, -0.2) is 31.9 Å². The first-order valence-electron chi connectivity index (χ1n) is 9.57. The molecule has 0 spiro atoms. The lowest BCUT2D eigenvalue weighted by Crippen LogP contribution is -2.43. The van der Waals surface area contributed by atoms with Crippen LogP contribution in [0.4, 0.5) is 0 Å². The lowest BCUT2D eigenvalue weighted by molar-refractivity contribution is -0.0441. The van der Waals surface area contributed by atoms with Crippen LogP contribution in [0.15, 0.2) is 66.7 Å². The highest BCUT2D eigenvalue weighted by Gasteiger charge is 2.28. The summed E-state index contributed by atoms with van der Waals surface area (Å²) in [5.41, 5.74) is 2.20. The smallest absolute Gasteiger partial charge is 0.162 e. The summed E-state index contributed by atoms with van der Waals surface area (Å²) < 4.78 is 18.6. The summed E-state index contributed by atoms with van der Waals surface area (Å²) in [4.78, 5) is 0. The molecule has 144 valence electrons. The fourth-order valence-electron chi connectivity index (χ4n) is 3.31. The van der Waals surface area contributed by atoms with E-state index in [0.29, 0.717) is 6.61 Å². The van der Waals surface area contributed by atoms with Gasteiger partial charge in [0.1, 0.15) is 6.10 Å². The molecule has 3 rings (SSSR count). The van der Waals surface area contributed by atoms with Gasteiger partial charge < -0.3 is 19.5 Å². The topological polar surface area (TPSA) is 39.7 Å². The average Bonchev–Trinajstić information content (AvgIpc) is 2.68. The maximum Gasteiger partial charge on any atom is 0.162 e. The van der Waals surface area contributed by atoms with Gasteiger partial charge in [0.25, 0.3) is 0 Å². The van der Waals surface area contributed by atoms with Gasteiger partial charge in [-0.2, -0.15) is 0 Å². The Kier molecular flexibility index (Phi) is 6.91. The van der Waals surface area contributed by atoms with Crippen molar-refractivity contribution < 1.29 is 14.2 Å². The molecule has 3 atom stereocenters. The summed E-state index contributed by atoms with van der Waals surface area (Å²) in [6, 6.07) is 18.1. The molecule has 1 fully saturated rings. The number of hydrogen-bond acceptors (Lipinski definition) is 4. The molecule has 1 heterocycles. The molecule has 2 aromatic carbocycles. The number of ether oxygens (including phenoxy) is 3. The van der Waals surface area contributed by atoms with E-state index in [-0.39, 0.29) is 18.3 Å². The molecule has 3 unspecified atom stereocenters. The van der Waals surface area contributed by atoms with Crippen LogP contribution >= 0.6 is 0 Å². The summed E-state index contributed by atoms with van der Waals surface area (Å²) in [6.45, 7) is 10.4. The van der Waals surface area contributed by atoms with Crippen molar-refractivity contribution in [1.82, 2.24) is 5.32 Å². The maximum absolute atomic E-state index is 6.46. The number of rotatable bonds is 8. The van der Waals surface area contributed by atoms with E-state index in [2.05, 4.69) is 24.0 Å². The maximum atomic E-state index is 6.46. The standard InChI is InChI=1S/C23H29NO3/c1-17(2)15-18(3)26-20-11-7-8-12-21(20)27-23(19-9-5-4-6-10-19)22-16-24-13-14-25-22/h4-12,18,22-24H,1,13-16H2,2-3H3. The van der Waals surface area contributed by atoms with Crippen molar-refractivity contribution in [1.29, 1.82) is 0 Å². The molecule has 0 amide bonds. The Morgan fingerprint density at radius 3 is 2.41 bits per heavy atom. The predicted octanol–water partition coefficient (Wildman–Crippen LogP) is 4.53. The minimum Gasteiger partial charge on any atom is -0.486 e. The van der Waals surface area contributed by atoms with E-state index in [1.165, 1.54) is 0 Å². The number of nitrogens with one attached hydrogen (secondary N) is 1. The summed E-state index contributed by atoms with van der Waals surface area (Å²) in [7, 11) is 0. The molecule has 4 heteroatoms. The second-order valence-corrected chi connectivity index (χ2v) is 7.10. The molecule has 2 aromatic rings. The first kappa shape index (κ1) is 19.5. The van der Waals surface area contributed by atoms with Crippen LogP contribution < -0.4 is 14.8 Å². The van der Waals surface area contributed by atoms with Crippen molar-refractivity contribution in [2.24, 2.45) is 0 Å². The van der Waals surface area contributed by atoms with Crippen LogP contribution in [0.3, 0.4) is 0 Å². The van der Waals surface area contributed by atoms with Crippen LogP contribution in [0.25, 0.3) is 0 Å². The van der Waals surface area contributed by atoms with Gasteiger partial charge in [0, 0.05) is 19.5 Å². The molecule has 0 saturated carbocycles. The molecule has 4 nitrogen and oxygen atoms in total. The Labute approximate surface area is 162 Å². The van der Waals surface area contributed by atoms with Gasteiger partial charge in [-0.3, -0.25) is 0 Å². The first-order chi connectivity index (χ1) is 13.1. The second kappa shape index (κ2) is 9.58. The second-order valence-electron chi connectivity index (χ2n) is 7.10. The first-order valence-corrected chi connectivity index (χ1v) is 9.57. The van der Waals surface area contributed by atoms with Crippen molar-refractivity contribution in [3.63, 3.8) is 0 Å². The molecule has 0 radical (unpaired) electrons. The van der Waals surface area contributed by atoms with E-state index in [0.717, 1.165) is 42.1 Å². The zero-order chi connectivity index (χ0) is 19.1. The number of benzene rings is 2. The zero-order valence-electron chi connectivity index (χ0n) is 16.2. The number of morpholine rings is 1. The van der Waals surface area contributed by atoms with Crippen LogP contribution in [0.5, 0.6) is 11.5 Å². The summed E-state index contributed by atoms with van der Waals surface area (Å²) in [6.07, 6.45) is 0.587. The molecule has 0 aliphatic carbocycles. The van der Waals surface area contributed by atoms with Crippen molar-refractivity contribution in [3.05, 3.63) is 72.3 Å². The largest absolute Gasteiger partial charge is 0.486 e. The van der Waals surface area contributed by atoms with Crippen molar-refractivity contribution >= 4 is 0 Å². The van der Waals surface area contributed by atoms with E-state index in [4.69, 9.17) is 14.2 Å². The molecule has 0 bridgehead atoms. The monoisotopic (exact) mass is 367 g/mol. The predicted molar refractivity (Wildman–Crippen MR) is 108 cm³/mol. The van der Waals surface area contributed by atoms with Crippen molar-refractivity contribution in [2.75, 3.05) is 19.7 Å². The lowest BCUT2D eigenvalue weighted by Gasteiger charge is -2.32. The van der Waals surface area contributed by atoms with Gasteiger partial charge in [0.2, 0.25) is 0 Å². The summed E-state index contributed by atoms with van der Waals surface area (Å²) in [5.74, 6) is 1.48.